The van der Waals surface area contributed by atoms with Crippen molar-refractivity contribution >= 4 is 33.3 Å². The lowest BCUT2D eigenvalue weighted by molar-refractivity contribution is -0.114. The van der Waals surface area contributed by atoms with Crippen LogP contribution >= 0.6 is 0 Å². The molecular formula is C21H27N3O5S. The van der Waals surface area contributed by atoms with E-state index in [1.807, 2.05) is 0 Å². The minimum Gasteiger partial charge on any atom is -0.462 e. The molecule has 0 bridgehead atoms. The summed E-state index contributed by atoms with van der Waals surface area (Å²) in [7, 11) is -3.53. The summed E-state index contributed by atoms with van der Waals surface area (Å²) in [5.41, 5.74) is 1.24. The van der Waals surface area contributed by atoms with Gasteiger partial charge in [-0.25, -0.2) is 13.2 Å². The van der Waals surface area contributed by atoms with Crippen LogP contribution in [0.15, 0.2) is 53.4 Å². The van der Waals surface area contributed by atoms with Gasteiger partial charge < -0.3 is 15.4 Å². The van der Waals surface area contributed by atoms with Crippen molar-refractivity contribution in [2.45, 2.75) is 25.7 Å². The van der Waals surface area contributed by atoms with Crippen molar-refractivity contribution in [1.29, 1.82) is 0 Å². The number of carbonyl (C=O) groups is 2. The molecule has 0 heterocycles. The average molecular weight is 434 g/mol. The van der Waals surface area contributed by atoms with E-state index in [2.05, 4.69) is 10.6 Å². The zero-order chi connectivity index (χ0) is 22.1. The van der Waals surface area contributed by atoms with Crippen molar-refractivity contribution < 1.29 is 22.7 Å². The Balaban J connectivity index is 2.00. The third kappa shape index (κ3) is 5.80. The lowest BCUT2D eigenvalue weighted by Crippen LogP contribution is -2.30. The smallest absolute Gasteiger partial charge is 0.340 e. The molecule has 0 atom stereocenters. The summed E-state index contributed by atoms with van der Waals surface area (Å²) in [6.07, 6.45) is 0. The Hall–Kier alpha value is -2.91. The van der Waals surface area contributed by atoms with Crippen LogP contribution in [0, 0.1) is 0 Å². The lowest BCUT2D eigenvalue weighted by Gasteiger charge is -2.18. The average Bonchev–Trinajstić information content (AvgIpc) is 2.74. The Morgan fingerprint density at radius 2 is 1.60 bits per heavy atom. The highest BCUT2D eigenvalue weighted by atomic mass is 32.2. The first kappa shape index (κ1) is 23.4. The van der Waals surface area contributed by atoms with Crippen molar-refractivity contribution in [3.05, 3.63) is 54.1 Å². The highest BCUT2D eigenvalue weighted by Crippen LogP contribution is 2.19. The van der Waals surface area contributed by atoms with Crippen LogP contribution in [-0.2, 0) is 19.6 Å². The van der Waals surface area contributed by atoms with E-state index in [0.717, 1.165) is 0 Å². The molecule has 0 aliphatic heterocycles. The van der Waals surface area contributed by atoms with Gasteiger partial charge in [-0.3, -0.25) is 4.79 Å². The van der Waals surface area contributed by atoms with Crippen LogP contribution in [-0.4, -0.2) is 50.8 Å². The van der Waals surface area contributed by atoms with Crippen LogP contribution in [0.4, 0.5) is 11.4 Å². The number of ether oxygens (including phenoxy) is 1. The van der Waals surface area contributed by atoms with Gasteiger partial charge in [-0.05, 0) is 43.3 Å². The van der Waals surface area contributed by atoms with Crippen LogP contribution in [0.25, 0.3) is 0 Å². The first-order valence-corrected chi connectivity index (χ1v) is 11.2. The fourth-order valence-corrected chi connectivity index (χ4v) is 4.27. The van der Waals surface area contributed by atoms with Gasteiger partial charge in [0.1, 0.15) is 0 Å². The Bertz CT molecular complexity index is 970. The standard InChI is InChI=1S/C21H27N3O5S/c1-4-24(5-2)30(27,28)17-13-11-16(12-14-17)22-15-20(25)23-19-10-8-7-9-18(19)21(26)29-6-3/h7-14,22H,4-6,15H2,1-3H3,(H,23,25). The normalized spacial score (nSPS) is 11.2. The molecule has 2 N–H and O–H groups in total. The monoisotopic (exact) mass is 433 g/mol. The highest BCUT2D eigenvalue weighted by Gasteiger charge is 2.21. The molecular weight excluding hydrogens is 406 g/mol. The molecule has 0 saturated heterocycles. The maximum absolute atomic E-state index is 12.5. The number of para-hydroxylation sites is 1. The van der Waals surface area contributed by atoms with Crippen LogP contribution < -0.4 is 10.6 Å². The number of esters is 1. The van der Waals surface area contributed by atoms with Gasteiger partial charge in [-0.2, -0.15) is 4.31 Å². The zero-order valence-corrected chi connectivity index (χ0v) is 18.2. The molecule has 2 aromatic carbocycles. The maximum Gasteiger partial charge on any atom is 0.340 e. The first-order chi connectivity index (χ1) is 14.3. The number of nitrogens with one attached hydrogen (secondary N) is 2. The molecule has 8 nitrogen and oxygen atoms in total. The van der Waals surface area contributed by atoms with E-state index in [9.17, 15) is 18.0 Å². The second-order valence-electron chi connectivity index (χ2n) is 6.28. The Morgan fingerprint density at radius 1 is 0.967 bits per heavy atom. The predicted molar refractivity (Wildman–Crippen MR) is 116 cm³/mol. The Labute approximate surface area is 177 Å². The molecule has 0 radical (unpaired) electrons. The lowest BCUT2D eigenvalue weighted by atomic mass is 10.2. The highest BCUT2D eigenvalue weighted by molar-refractivity contribution is 7.89. The Morgan fingerprint density at radius 3 is 2.20 bits per heavy atom. The van der Waals surface area contributed by atoms with E-state index in [4.69, 9.17) is 4.74 Å². The fraction of sp³-hybridized carbons (Fsp3) is 0.333. The number of anilines is 2. The van der Waals surface area contributed by atoms with Gasteiger partial charge in [-0.1, -0.05) is 26.0 Å². The molecule has 9 heteroatoms. The molecule has 0 aromatic heterocycles. The summed E-state index contributed by atoms with van der Waals surface area (Å²) in [6.45, 7) is 6.26. The molecule has 162 valence electrons. The van der Waals surface area contributed by atoms with E-state index in [-0.39, 0.29) is 29.5 Å². The molecule has 2 aromatic rings. The SMILES string of the molecule is CCOC(=O)c1ccccc1NC(=O)CNc1ccc(S(=O)(=O)N(CC)CC)cc1. The number of hydrogen-bond acceptors (Lipinski definition) is 6. The molecule has 0 saturated carbocycles. The zero-order valence-electron chi connectivity index (χ0n) is 17.3. The van der Waals surface area contributed by atoms with Gasteiger partial charge in [0.25, 0.3) is 0 Å². The number of amides is 1. The van der Waals surface area contributed by atoms with Gasteiger partial charge in [0.05, 0.1) is 29.3 Å². The largest absolute Gasteiger partial charge is 0.462 e. The molecule has 0 aliphatic rings. The quantitative estimate of drug-likeness (QED) is 0.558. The molecule has 30 heavy (non-hydrogen) atoms. The molecule has 0 unspecified atom stereocenters. The van der Waals surface area contributed by atoms with Gasteiger partial charge >= 0.3 is 5.97 Å². The van der Waals surface area contributed by atoms with Crippen LogP contribution in [0.1, 0.15) is 31.1 Å². The summed E-state index contributed by atoms with van der Waals surface area (Å²) in [5.74, 6) is -0.863. The predicted octanol–water partition coefficient (Wildman–Crippen LogP) is 2.94. The van der Waals surface area contributed by atoms with Crippen molar-refractivity contribution in [3.8, 4) is 0 Å². The molecule has 2 rings (SSSR count). The molecule has 0 fully saturated rings. The van der Waals surface area contributed by atoms with Crippen LogP contribution in [0.2, 0.25) is 0 Å². The van der Waals surface area contributed by atoms with Crippen LogP contribution in [0.3, 0.4) is 0 Å². The van der Waals surface area contributed by atoms with Crippen molar-refractivity contribution in [2.24, 2.45) is 0 Å². The van der Waals surface area contributed by atoms with E-state index >= 15 is 0 Å². The van der Waals surface area contributed by atoms with Gasteiger partial charge in [-0.15, -0.1) is 0 Å². The molecule has 0 spiro atoms. The fourth-order valence-electron chi connectivity index (χ4n) is 2.81. The van der Waals surface area contributed by atoms with Crippen molar-refractivity contribution in [1.82, 2.24) is 4.31 Å². The minimum atomic E-state index is -3.53. The minimum absolute atomic E-state index is 0.0562. The second kappa shape index (κ2) is 10.7. The molecule has 0 aliphatic carbocycles. The van der Waals surface area contributed by atoms with Gasteiger partial charge in [0.2, 0.25) is 15.9 Å². The van der Waals surface area contributed by atoms with E-state index in [1.165, 1.54) is 16.4 Å². The third-order valence-corrected chi connectivity index (χ3v) is 6.41. The van der Waals surface area contributed by atoms with Gasteiger partial charge in [0.15, 0.2) is 0 Å². The summed E-state index contributed by atoms with van der Waals surface area (Å²) >= 11 is 0. The van der Waals surface area contributed by atoms with E-state index in [0.29, 0.717) is 24.5 Å². The molecule has 1 amide bonds. The first-order valence-electron chi connectivity index (χ1n) is 9.73. The number of rotatable bonds is 10. The number of benzene rings is 2. The van der Waals surface area contributed by atoms with Gasteiger partial charge in [0, 0.05) is 18.8 Å². The summed E-state index contributed by atoms with van der Waals surface area (Å²) in [6, 6.07) is 12.8. The van der Waals surface area contributed by atoms with Crippen LogP contribution in [0.5, 0.6) is 0 Å². The van der Waals surface area contributed by atoms with E-state index < -0.39 is 16.0 Å². The van der Waals surface area contributed by atoms with E-state index in [1.54, 1.807) is 57.2 Å². The number of sulfonamides is 1. The second-order valence-corrected chi connectivity index (χ2v) is 8.22. The Kier molecular flexibility index (Phi) is 8.37. The third-order valence-electron chi connectivity index (χ3n) is 4.35. The van der Waals surface area contributed by atoms with Crippen molar-refractivity contribution in [3.63, 3.8) is 0 Å². The number of nitrogens with zero attached hydrogens (tertiary/aromatic N) is 1. The summed E-state index contributed by atoms with van der Waals surface area (Å²) in [4.78, 5) is 24.5. The number of hydrogen-bond donors (Lipinski definition) is 2. The topological polar surface area (TPSA) is 105 Å². The summed E-state index contributed by atoms with van der Waals surface area (Å²) < 4.78 is 31.4. The summed E-state index contributed by atoms with van der Waals surface area (Å²) in [5, 5.41) is 5.62. The van der Waals surface area contributed by atoms with Crippen molar-refractivity contribution in [2.75, 3.05) is 36.9 Å². The number of carbonyl (C=O) groups excluding carboxylic acids is 2. The maximum atomic E-state index is 12.5.